The van der Waals surface area contributed by atoms with Crippen molar-refractivity contribution in [3.63, 3.8) is 0 Å². The molecule has 0 saturated carbocycles. The molecule has 0 aliphatic carbocycles. The van der Waals surface area contributed by atoms with Crippen molar-refractivity contribution in [1.82, 2.24) is 0 Å². The van der Waals surface area contributed by atoms with Crippen LogP contribution in [0.5, 0.6) is 0 Å². The molecule has 0 amide bonds. The molecule has 2 nitrogen and oxygen atoms in total. The molecule has 0 unspecified atom stereocenters. The summed E-state index contributed by atoms with van der Waals surface area (Å²) in [4.78, 5) is 11.5. The molecule has 94 valence electrons. The molecule has 0 fully saturated rings. The van der Waals surface area contributed by atoms with E-state index in [4.69, 9.17) is 4.74 Å². The number of carbonyl (C=O) groups excluding carboxylic acids is 1. The maximum absolute atomic E-state index is 13.2. The molecule has 0 N–H and O–H groups in total. The van der Waals surface area contributed by atoms with Crippen molar-refractivity contribution in [3.05, 3.63) is 35.4 Å². The molecule has 0 aromatic heterocycles. The van der Waals surface area contributed by atoms with Gasteiger partial charge in [-0.3, -0.25) is 4.79 Å². The van der Waals surface area contributed by atoms with Crippen LogP contribution in [0.4, 0.5) is 8.78 Å². The Hall–Kier alpha value is -1.29. The zero-order valence-corrected chi connectivity index (χ0v) is 9.84. The van der Waals surface area contributed by atoms with E-state index in [1.54, 1.807) is 0 Å². The molecule has 0 radical (unpaired) electrons. The lowest BCUT2D eigenvalue weighted by Crippen LogP contribution is -2.06. The van der Waals surface area contributed by atoms with Crippen molar-refractivity contribution in [1.29, 1.82) is 0 Å². The van der Waals surface area contributed by atoms with Crippen LogP contribution in [0, 0.1) is 11.6 Å². The molecule has 4 heteroatoms. The third kappa shape index (κ3) is 5.04. The smallest absolute Gasteiger partial charge is 0.137 e. The lowest BCUT2D eigenvalue weighted by molar-refractivity contribution is -0.118. The van der Waals surface area contributed by atoms with Gasteiger partial charge in [0.1, 0.15) is 17.4 Å². The second-order valence-electron chi connectivity index (χ2n) is 3.75. The lowest BCUT2D eigenvalue weighted by atomic mass is 10.1. The van der Waals surface area contributed by atoms with E-state index < -0.39 is 11.6 Å². The van der Waals surface area contributed by atoms with E-state index in [2.05, 4.69) is 0 Å². The van der Waals surface area contributed by atoms with Crippen LogP contribution in [0.15, 0.2) is 18.2 Å². The fourth-order valence-electron chi connectivity index (χ4n) is 1.48. The minimum absolute atomic E-state index is 0.0121. The second kappa shape index (κ2) is 7.12. The van der Waals surface area contributed by atoms with Crippen molar-refractivity contribution in [2.24, 2.45) is 0 Å². The van der Waals surface area contributed by atoms with Gasteiger partial charge in [0, 0.05) is 32.1 Å². The van der Waals surface area contributed by atoms with Crippen LogP contribution >= 0.6 is 0 Å². The molecule has 0 atom stereocenters. The van der Waals surface area contributed by atoms with Crippen LogP contribution in [0.2, 0.25) is 0 Å². The number of benzene rings is 1. The quantitative estimate of drug-likeness (QED) is 0.687. The maximum atomic E-state index is 13.2. The summed E-state index contributed by atoms with van der Waals surface area (Å²) in [7, 11) is 0. The van der Waals surface area contributed by atoms with Gasteiger partial charge in [-0.2, -0.15) is 0 Å². The van der Waals surface area contributed by atoms with Gasteiger partial charge >= 0.3 is 0 Å². The highest BCUT2D eigenvalue weighted by Crippen LogP contribution is 2.11. The zero-order valence-electron chi connectivity index (χ0n) is 9.84. The van der Waals surface area contributed by atoms with Gasteiger partial charge in [0.05, 0.1) is 0 Å². The highest BCUT2D eigenvalue weighted by molar-refractivity contribution is 5.80. The summed E-state index contributed by atoms with van der Waals surface area (Å²) in [6.07, 6.45) is 1.00. The lowest BCUT2D eigenvalue weighted by Gasteiger charge is -2.03. The zero-order chi connectivity index (χ0) is 12.7. The monoisotopic (exact) mass is 242 g/mol. The van der Waals surface area contributed by atoms with E-state index in [1.165, 1.54) is 6.07 Å². The van der Waals surface area contributed by atoms with Gasteiger partial charge in [-0.05, 0) is 25.0 Å². The Bertz CT molecular complexity index is 378. The molecule has 0 bridgehead atoms. The summed E-state index contributed by atoms with van der Waals surface area (Å²) in [6.45, 7) is 3.05. The van der Waals surface area contributed by atoms with Gasteiger partial charge in [0.2, 0.25) is 0 Å². The summed E-state index contributed by atoms with van der Waals surface area (Å²) in [5.74, 6) is -1.35. The van der Waals surface area contributed by atoms with Gasteiger partial charge in [-0.25, -0.2) is 8.78 Å². The fourth-order valence-corrected chi connectivity index (χ4v) is 1.48. The molecule has 0 saturated heterocycles. The van der Waals surface area contributed by atoms with Crippen LogP contribution in [0.1, 0.15) is 25.3 Å². The van der Waals surface area contributed by atoms with Crippen LogP contribution in [-0.4, -0.2) is 19.0 Å². The summed E-state index contributed by atoms with van der Waals surface area (Å²) in [6, 6.07) is 3.26. The van der Waals surface area contributed by atoms with Crippen LogP contribution in [0.25, 0.3) is 0 Å². The number of ketones is 1. The Morgan fingerprint density at radius 1 is 1.35 bits per heavy atom. The van der Waals surface area contributed by atoms with Gasteiger partial charge in [-0.15, -0.1) is 0 Å². The van der Waals surface area contributed by atoms with E-state index in [1.807, 2.05) is 6.92 Å². The van der Waals surface area contributed by atoms with Gasteiger partial charge in [0.25, 0.3) is 0 Å². The van der Waals surface area contributed by atoms with Crippen molar-refractivity contribution in [2.75, 3.05) is 13.2 Å². The average molecular weight is 242 g/mol. The third-order valence-corrected chi connectivity index (χ3v) is 2.35. The molecule has 17 heavy (non-hydrogen) atoms. The highest BCUT2D eigenvalue weighted by atomic mass is 19.1. The number of carbonyl (C=O) groups is 1. The molecular weight excluding hydrogens is 226 g/mol. The first kappa shape index (κ1) is 13.8. The first-order valence-electron chi connectivity index (χ1n) is 5.67. The Balaban J connectivity index is 2.40. The summed E-state index contributed by atoms with van der Waals surface area (Å²) >= 11 is 0. The predicted octanol–water partition coefficient (Wildman–Crippen LogP) is 2.89. The first-order chi connectivity index (χ1) is 8.13. The van der Waals surface area contributed by atoms with Gasteiger partial charge in [0.15, 0.2) is 0 Å². The van der Waals surface area contributed by atoms with Crippen LogP contribution in [0.3, 0.4) is 0 Å². The topological polar surface area (TPSA) is 26.3 Å². The Labute approximate surface area is 99.6 Å². The summed E-state index contributed by atoms with van der Waals surface area (Å²) < 4.78 is 31.0. The molecular formula is C13H16F2O2. The average Bonchev–Trinajstić information content (AvgIpc) is 2.28. The largest absolute Gasteiger partial charge is 0.382 e. The van der Waals surface area contributed by atoms with Gasteiger partial charge < -0.3 is 4.74 Å². The van der Waals surface area contributed by atoms with E-state index in [0.29, 0.717) is 26.1 Å². The molecule has 1 aromatic carbocycles. The summed E-state index contributed by atoms with van der Waals surface area (Å²) in [5, 5.41) is 0. The Morgan fingerprint density at radius 3 is 2.76 bits per heavy atom. The number of hydrogen-bond donors (Lipinski definition) is 0. The second-order valence-corrected chi connectivity index (χ2v) is 3.75. The van der Waals surface area contributed by atoms with Crippen LogP contribution < -0.4 is 0 Å². The predicted molar refractivity (Wildman–Crippen MR) is 60.8 cm³/mol. The maximum Gasteiger partial charge on any atom is 0.137 e. The standard InChI is InChI=1S/C13H16F2O2/c1-2-17-7-3-4-12(16)8-10-5-6-11(14)9-13(10)15/h5-6,9H,2-4,7-8H2,1H3. The third-order valence-electron chi connectivity index (χ3n) is 2.35. The normalized spacial score (nSPS) is 10.5. The van der Waals surface area contributed by atoms with Crippen molar-refractivity contribution in [2.45, 2.75) is 26.2 Å². The summed E-state index contributed by atoms with van der Waals surface area (Å²) in [5.41, 5.74) is 0.243. The van der Waals surface area contributed by atoms with E-state index in [0.717, 1.165) is 12.1 Å². The number of Topliss-reactive ketones (excluding diaryl/α,β-unsaturated/α-hetero) is 1. The molecule has 0 aliphatic heterocycles. The highest BCUT2D eigenvalue weighted by Gasteiger charge is 2.08. The van der Waals surface area contributed by atoms with Crippen LogP contribution in [-0.2, 0) is 16.0 Å². The van der Waals surface area contributed by atoms with Crippen molar-refractivity contribution < 1.29 is 18.3 Å². The Kier molecular flexibility index (Phi) is 5.77. The number of hydrogen-bond acceptors (Lipinski definition) is 2. The number of halogens is 2. The molecule has 0 heterocycles. The number of ether oxygens (including phenoxy) is 1. The van der Waals surface area contributed by atoms with Gasteiger partial charge in [-0.1, -0.05) is 6.07 Å². The Morgan fingerprint density at radius 2 is 2.12 bits per heavy atom. The minimum atomic E-state index is -0.664. The van der Waals surface area contributed by atoms with E-state index >= 15 is 0 Å². The minimum Gasteiger partial charge on any atom is -0.382 e. The van der Waals surface area contributed by atoms with Crippen molar-refractivity contribution >= 4 is 5.78 Å². The van der Waals surface area contributed by atoms with E-state index in [-0.39, 0.29) is 17.8 Å². The number of rotatable bonds is 7. The van der Waals surface area contributed by atoms with Crippen molar-refractivity contribution in [3.8, 4) is 0 Å². The molecule has 0 spiro atoms. The fraction of sp³-hybridized carbons (Fsp3) is 0.462. The van der Waals surface area contributed by atoms with E-state index in [9.17, 15) is 13.6 Å². The SMILES string of the molecule is CCOCCCC(=O)Cc1ccc(F)cc1F. The molecule has 1 aromatic rings. The molecule has 1 rings (SSSR count). The first-order valence-corrected chi connectivity index (χ1v) is 5.67. The molecule has 0 aliphatic rings.